The van der Waals surface area contributed by atoms with E-state index in [1.165, 1.54) is 13.2 Å². The topological polar surface area (TPSA) is 82.3 Å². The number of rotatable bonds is 4. The Kier molecular flexibility index (Phi) is 6.06. The van der Waals surface area contributed by atoms with Crippen molar-refractivity contribution in [3.63, 3.8) is 0 Å². The summed E-state index contributed by atoms with van der Waals surface area (Å²) in [5.41, 5.74) is 1.02. The highest BCUT2D eigenvalue weighted by atomic mass is 127. The summed E-state index contributed by atoms with van der Waals surface area (Å²) in [7, 11) is 1.43. The third kappa shape index (κ3) is 4.40. The summed E-state index contributed by atoms with van der Waals surface area (Å²) in [5, 5.41) is 22.3. The van der Waals surface area contributed by atoms with Gasteiger partial charge in [-0.2, -0.15) is 5.26 Å². The molecule has 7 heteroatoms. The van der Waals surface area contributed by atoms with Crippen molar-refractivity contribution >= 4 is 51.9 Å². The number of carbonyl (C=O) groups is 1. The van der Waals surface area contributed by atoms with Gasteiger partial charge >= 0.3 is 0 Å². The Bertz CT molecular complexity index is 842. The lowest BCUT2D eigenvalue weighted by molar-refractivity contribution is -0.112. The molecule has 122 valence electrons. The average molecular weight is 455 g/mol. The number of phenols is 1. The number of halogens is 2. The summed E-state index contributed by atoms with van der Waals surface area (Å²) < 4.78 is 5.62. The number of nitrogens with zero attached hydrogens (tertiary/aromatic N) is 1. The van der Waals surface area contributed by atoms with Crippen LogP contribution >= 0.6 is 34.2 Å². The summed E-state index contributed by atoms with van der Waals surface area (Å²) in [6.45, 7) is 0. The van der Waals surface area contributed by atoms with Crippen LogP contribution in [0.2, 0.25) is 5.02 Å². The normalized spacial score (nSPS) is 10.8. The van der Waals surface area contributed by atoms with Gasteiger partial charge in [-0.3, -0.25) is 4.79 Å². The molecule has 2 N–H and O–H groups in total. The molecule has 2 rings (SSSR count). The second-order valence-corrected chi connectivity index (χ2v) is 6.28. The number of nitriles is 1. The molecular weight excluding hydrogens is 443 g/mol. The Hall–Kier alpha value is -2.24. The minimum atomic E-state index is -0.540. The zero-order valence-electron chi connectivity index (χ0n) is 12.5. The number of hydrogen-bond donors (Lipinski definition) is 2. The summed E-state index contributed by atoms with van der Waals surface area (Å²) >= 11 is 7.73. The summed E-state index contributed by atoms with van der Waals surface area (Å²) in [4.78, 5) is 12.2. The molecule has 24 heavy (non-hydrogen) atoms. The number of benzene rings is 2. The highest BCUT2D eigenvalue weighted by Crippen LogP contribution is 2.33. The Balaban J connectivity index is 2.29. The van der Waals surface area contributed by atoms with Crippen molar-refractivity contribution in [1.29, 1.82) is 5.26 Å². The van der Waals surface area contributed by atoms with E-state index >= 15 is 0 Å². The van der Waals surface area contributed by atoms with Crippen LogP contribution < -0.4 is 10.1 Å². The van der Waals surface area contributed by atoms with Gasteiger partial charge in [0.05, 0.1) is 10.7 Å². The Morgan fingerprint density at radius 2 is 2.04 bits per heavy atom. The maximum absolute atomic E-state index is 12.2. The predicted molar refractivity (Wildman–Crippen MR) is 101 cm³/mol. The third-order valence-corrected chi connectivity index (χ3v) is 4.12. The maximum Gasteiger partial charge on any atom is 0.266 e. The first-order valence-corrected chi connectivity index (χ1v) is 8.15. The standard InChI is InChI=1S/C17H12ClIN2O3/c1-24-15-8-10(7-14(19)16(15)22)6-11(9-20)17(23)21-13-4-2-12(18)3-5-13/h2-8,22H,1H3,(H,21,23). The molecule has 0 unspecified atom stereocenters. The van der Waals surface area contributed by atoms with Crippen molar-refractivity contribution in [3.8, 4) is 17.6 Å². The van der Waals surface area contributed by atoms with E-state index in [1.54, 1.807) is 36.4 Å². The number of aromatic hydroxyl groups is 1. The number of amides is 1. The van der Waals surface area contributed by atoms with E-state index in [0.29, 0.717) is 19.8 Å². The van der Waals surface area contributed by atoms with Gasteiger partial charge in [-0.25, -0.2) is 0 Å². The summed E-state index contributed by atoms with van der Waals surface area (Å²) in [6.07, 6.45) is 1.43. The van der Waals surface area contributed by atoms with Crippen molar-refractivity contribution in [2.24, 2.45) is 0 Å². The van der Waals surface area contributed by atoms with E-state index in [4.69, 9.17) is 16.3 Å². The first-order valence-electron chi connectivity index (χ1n) is 6.70. The molecule has 0 aromatic heterocycles. The average Bonchev–Trinajstić information content (AvgIpc) is 2.57. The molecule has 1 amide bonds. The third-order valence-electron chi connectivity index (χ3n) is 3.05. The zero-order chi connectivity index (χ0) is 17.7. The Labute approximate surface area is 157 Å². The van der Waals surface area contributed by atoms with E-state index in [-0.39, 0.29) is 17.1 Å². The molecule has 0 atom stereocenters. The van der Waals surface area contributed by atoms with Crippen LogP contribution in [0.25, 0.3) is 6.08 Å². The van der Waals surface area contributed by atoms with Crippen LogP contribution in [0.4, 0.5) is 5.69 Å². The SMILES string of the molecule is COc1cc(C=C(C#N)C(=O)Nc2ccc(Cl)cc2)cc(I)c1O. The monoisotopic (exact) mass is 454 g/mol. The van der Waals surface area contributed by atoms with Gasteiger partial charge in [0.25, 0.3) is 5.91 Å². The van der Waals surface area contributed by atoms with Gasteiger partial charge in [0, 0.05) is 10.7 Å². The minimum absolute atomic E-state index is 0.0133. The van der Waals surface area contributed by atoms with Gasteiger partial charge in [-0.15, -0.1) is 0 Å². The van der Waals surface area contributed by atoms with E-state index < -0.39 is 5.91 Å². The fourth-order valence-electron chi connectivity index (χ4n) is 1.88. The van der Waals surface area contributed by atoms with Gasteiger partial charge < -0.3 is 15.2 Å². The van der Waals surface area contributed by atoms with Crippen LogP contribution in [-0.2, 0) is 4.79 Å². The van der Waals surface area contributed by atoms with Crippen molar-refractivity contribution in [2.75, 3.05) is 12.4 Å². The largest absolute Gasteiger partial charge is 0.504 e. The number of hydrogen-bond acceptors (Lipinski definition) is 4. The fourth-order valence-corrected chi connectivity index (χ4v) is 2.63. The van der Waals surface area contributed by atoms with Crippen LogP contribution in [-0.4, -0.2) is 18.1 Å². The number of phenolic OH excluding ortho intramolecular Hbond substituents is 1. The summed E-state index contributed by atoms with van der Waals surface area (Å²) in [5.74, 6) is -0.259. The molecule has 2 aromatic carbocycles. The minimum Gasteiger partial charge on any atom is -0.504 e. The van der Waals surface area contributed by atoms with Gasteiger partial charge in [0.1, 0.15) is 11.6 Å². The van der Waals surface area contributed by atoms with Crippen molar-refractivity contribution < 1.29 is 14.6 Å². The number of nitrogens with one attached hydrogen (secondary N) is 1. The van der Waals surface area contributed by atoms with Crippen molar-refractivity contribution in [2.45, 2.75) is 0 Å². The second kappa shape index (κ2) is 8.04. The molecule has 0 aliphatic heterocycles. The molecule has 0 aliphatic carbocycles. The highest BCUT2D eigenvalue weighted by molar-refractivity contribution is 14.1. The first kappa shape index (κ1) is 18.1. The molecular formula is C17H12ClIN2O3. The second-order valence-electron chi connectivity index (χ2n) is 4.68. The molecule has 0 saturated heterocycles. The van der Waals surface area contributed by atoms with E-state index in [1.807, 2.05) is 28.7 Å². The van der Waals surface area contributed by atoms with E-state index in [2.05, 4.69) is 5.32 Å². The molecule has 0 fully saturated rings. The van der Waals surface area contributed by atoms with E-state index in [0.717, 1.165) is 0 Å². The number of anilines is 1. The van der Waals surface area contributed by atoms with Crippen molar-refractivity contribution in [1.82, 2.24) is 0 Å². The van der Waals surface area contributed by atoms with Gasteiger partial charge in [0.2, 0.25) is 0 Å². The lowest BCUT2D eigenvalue weighted by atomic mass is 10.1. The number of methoxy groups -OCH3 is 1. The molecule has 0 bridgehead atoms. The van der Waals surface area contributed by atoms with Gasteiger partial charge in [-0.1, -0.05) is 11.6 Å². The number of carbonyl (C=O) groups excluding carboxylic acids is 1. The smallest absolute Gasteiger partial charge is 0.266 e. The summed E-state index contributed by atoms with van der Waals surface area (Å²) in [6, 6.07) is 11.6. The molecule has 0 saturated carbocycles. The van der Waals surface area contributed by atoms with E-state index in [9.17, 15) is 15.2 Å². The van der Waals surface area contributed by atoms with Crippen LogP contribution in [0.3, 0.4) is 0 Å². The molecule has 5 nitrogen and oxygen atoms in total. The predicted octanol–water partition coefficient (Wildman–Crippen LogP) is 4.20. The molecule has 2 aromatic rings. The number of ether oxygens (including phenoxy) is 1. The maximum atomic E-state index is 12.2. The molecule has 0 aliphatic rings. The highest BCUT2D eigenvalue weighted by Gasteiger charge is 2.12. The van der Waals surface area contributed by atoms with Crippen LogP contribution in [0, 0.1) is 14.9 Å². The fraction of sp³-hybridized carbons (Fsp3) is 0.0588. The zero-order valence-corrected chi connectivity index (χ0v) is 15.4. The van der Waals surface area contributed by atoms with Crippen LogP contribution in [0.5, 0.6) is 11.5 Å². The van der Waals surface area contributed by atoms with Gasteiger partial charge in [0.15, 0.2) is 11.5 Å². The molecule has 0 heterocycles. The first-order chi connectivity index (χ1) is 11.4. The van der Waals surface area contributed by atoms with Crippen molar-refractivity contribution in [3.05, 3.63) is 56.1 Å². The lowest BCUT2D eigenvalue weighted by Crippen LogP contribution is -2.13. The molecule has 0 spiro atoms. The lowest BCUT2D eigenvalue weighted by Gasteiger charge is -2.07. The Morgan fingerprint density at radius 3 is 2.62 bits per heavy atom. The van der Waals surface area contributed by atoms with Gasteiger partial charge in [-0.05, 0) is 70.6 Å². The quantitative estimate of drug-likeness (QED) is 0.412. The van der Waals surface area contributed by atoms with Crippen LogP contribution in [0.15, 0.2) is 42.0 Å². The Morgan fingerprint density at radius 1 is 1.38 bits per heavy atom. The van der Waals surface area contributed by atoms with Crippen LogP contribution in [0.1, 0.15) is 5.56 Å². The molecule has 0 radical (unpaired) electrons.